The van der Waals surface area contributed by atoms with Crippen LogP contribution in [0.5, 0.6) is 0 Å². The molecule has 1 heterocycles. The molecule has 0 aliphatic carbocycles. The van der Waals surface area contributed by atoms with Crippen molar-refractivity contribution in [1.82, 2.24) is 4.98 Å². The van der Waals surface area contributed by atoms with Gasteiger partial charge in [0.1, 0.15) is 0 Å². The molecule has 0 aliphatic heterocycles. The molecular weight excluding hydrogens is 218 g/mol. The standard InChI is InChI=1S/C13H11NOS/c1-10(15)16-9-3-6-11-4-2-5-12-7-8-14-13(11)12/h2,4-5,7-8,14H,9H2,1H3. The van der Waals surface area contributed by atoms with Crippen molar-refractivity contribution in [2.45, 2.75) is 6.92 Å². The molecule has 0 radical (unpaired) electrons. The number of hydrogen-bond acceptors (Lipinski definition) is 2. The normalized spacial score (nSPS) is 9.81. The van der Waals surface area contributed by atoms with Crippen LogP contribution in [0.4, 0.5) is 0 Å². The molecule has 0 unspecified atom stereocenters. The number of para-hydroxylation sites is 1. The van der Waals surface area contributed by atoms with Gasteiger partial charge >= 0.3 is 0 Å². The average Bonchev–Trinajstić information content (AvgIpc) is 2.72. The Labute approximate surface area is 98.4 Å². The third-order valence-corrected chi connectivity index (χ3v) is 2.85. The Bertz CT molecular complexity index is 574. The summed E-state index contributed by atoms with van der Waals surface area (Å²) in [6.07, 6.45) is 1.90. The third kappa shape index (κ3) is 2.47. The maximum atomic E-state index is 10.7. The summed E-state index contributed by atoms with van der Waals surface area (Å²) in [7, 11) is 0. The molecule has 0 fully saturated rings. The first-order chi connectivity index (χ1) is 7.77. The Morgan fingerprint density at radius 3 is 3.12 bits per heavy atom. The van der Waals surface area contributed by atoms with Gasteiger partial charge in [0.25, 0.3) is 0 Å². The fourth-order valence-electron chi connectivity index (χ4n) is 1.46. The van der Waals surface area contributed by atoms with Crippen LogP contribution in [-0.2, 0) is 4.79 Å². The van der Waals surface area contributed by atoms with Crippen LogP contribution in [-0.4, -0.2) is 15.9 Å². The number of H-pyrrole nitrogens is 1. The van der Waals surface area contributed by atoms with E-state index in [9.17, 15) is 4.79 Å². The van der Waals surface area contributed by atoms with Crippen molar-refractivity contribution < 1.29 is 4.79 Å². The molecule has 0 saturated carbocycles. The summed E-state index contributed by atoms with van der Waals surface area (Å²) in [5, 5.41) is 1.26. The lowest BCUT2D eigenvalue weighted by molar-refractivity contribution is -0.109. The van der Waals surface area contributed by atoms with Crippen LogP contribution in [0.3, 0.4) is 0 Å². The number of carbonyl (C=O) groups is 1. The third-order valence-electron chi connectivity index (χ3n) is 2.16. The van der Waals surface area contributed by atoms with Crippen molar-refractivity contribution in [3.05, 3.63) is 36.0 Å². The summed E-state index contributed by atoms with van der Waals surface area (Å²) >= 11 is 1.24. The molecule has 0 saturated heterocycles. The van der Waals surface area contributed by atoms with E-state index in [0.717, 1.165) is 16.5 Å². The molecule has 1 aromatic heterocycles. The maximum absolute atomic E-state index is 10.7. The number of aromatic amines is 1. The number of carbonyl (C=O) groups excluding carboxylic acids is 1. The van der Waals surface area contributed by atoms with Gasteiger partial charge in [0.05, 0.1) is 11.3 Å². The van der Waals surface area contributed by atoms with E-state index in [1.807, 2.05) is 30.5 Å². The van der Waals surface area contributed by atoms with E-state index in [1.54, 1.807) is 6.92 Å². The molecule has 1 aromatic carbocycles. The van der Waals surface area contributed by atoms with Gasteiger partial charge in [-0.3, -0.25) is 4.79 Å². The SMILES string of the molecule is CC(=O)SCC#Cc1cccc2cc[nH]c12. The molecular formula is C13H11NOS. The van der Waals surface area contributed by atoms with Crippen molar-refractivity contribution >= 4 is 27.8 Å². The lowest BCUT2D eigenvalue weighted by atomic mass is 10.1. The summed E-state index contributed by atoms with van der Waals surface area (Å²) < 4.78 is 0. The maximum Gasteiger partial charge on any atom is 0.186 e. The lowest BCUT2D eigenvalue weighted by Crippen LogP contribution is -1.83. The van der Waals surface area contributed by atoms with Crippen molar-refractivity contribution in [3.63, 3.8) is 0 Å². The molecule has 3 heteroatoms. The minimum absolute atomic E-state index is 0.104. The molecule has 2 aromatic rings. The van der Waals surface area contributed by atoms with Crippen LogP contribution in [0, 0.1) is 11.8 Å². The van der Waals surface area contributed by atoms with Crippen LogP contribution in [0.2, 0.25) is 0 Å². The highest BCUT2D eigenvalue weighted by molar-refractivity contribution is 8.13. The summed E-state index contributed by atoms with van der Waals surface area (Å²) in [5.74, 6) is 6.61. The number of hydrogen-bond donors (Lipinski definition) is 1. The summed E-state index contributed by atoms with van der Waals surface area (Å²) in [6.45, 7) is 1.55. The van der Waals surface area contributed by atoms with Crippen molar-refractivity contribution in [3.8, 4) is 11.8 Å². The van der Waals surface area contributed by atoms with Gasteiger partial charge in [-0.05, 0) is 12.1 Å². The number of rotatable bonds is 1. The van der Waals surface area contributed by atoms with Gasteiger partial charge in [0.15, 0.2) is 5.12 Å². The van der Waals surface area contributed by atoms with Crippen LogP contribution in [0.15, 0.2) is 30.5 Å². The zero-order chi connectivity index (χ0) is 11.4. The minimum atomic E-state index is 0.104. The van der Waals surface area contributed by atoms with Gasteiger partial charge in [0.2, 0.25) is 0 Å². The first-order valence-corrected chi connectivity index (χ1v) is 5.94. The molecule has 0 atom stereocenters. The zero-order valence-corrected chi connectivity index (χ0v) is 9.73. The molecule has 16 heavy (non-hydrogen) atoms. The highest BCUT2D eigenvalue weighted by atomic mass is 32.2. The fourth-order valence-corrected chi connectivity index (χ4v) is 1.81. The van der Waals surface area contributed by atoms with Crippen molar-refractivity contribution in [2.24, 2.45) is 0 Å². The van der Waals surface area contributed by atoms with Crippen molar-refractivity contribution in [2.75, 3.05) is 5.75 Å². The molecule has 80 valence electrons. The highest BCUT2D eigenvalue weighted by Crippen LogP contribution is 2.15. The molecule has 2 rings (SSSR count). The number of benzene rings is 1. The van der Waals surface area contributed by atoms with E-state index in [2.05, 4.69) is 16.8 Å². The van der Waals surface area contributed by atoms with Crippen LogP contribution >= 0.6 is 11.8 Å². The monoisotopic (exact) mass is 229 g/mol. The van der Waals surface area contributed by atoms with Gasteiger partial charge in [-0.15, -0.1) is 0 Å². The Morgan fingerprint density at radius 2 is 2.31 bits per heavy atom. The van der Waals surface area contributed by atoms with Gasteiger partial charge in [-0.25, -0.2) is 0 Å². The van der Waals surface area contributed by atoms with Gasteiger partial charge < -0.3 is 4.98 Å². The quantitative estimate of drug-likeness (QED) is 0.763. The summed E-state index contributed by atoms with van der Waals surface area (Å²) in [6, 6.07) is 8.02. The number of aromatic nitrogens is 1. The zero-order valence-electron chi connectivity index (χ0n) is 8.91. The number of nitrogens with one attached hydrogen (secondary N) is 1. The first kappa shape index (κ1) is 10.8. The molecule has 1 N–H and O–H groups in total. The first-order valence-electron chi connectivity index (χ1n) is 4.96. The smallest absolute Gasteiger partial charge is 0.186 e. The Morgan fingerprint density at radius 1 is 1.44 bits per heavy atom. The second-order valence-corrected chi connectivity index (χ2v) is 4.48. The highest BCUT2D eigenvalue weighted by Gasteiger charge is 1.97. The van der Waals surface area contributed by atoms with E-state index in [4.69, 9.17) is 0 Å². The van der Waals surface area contributed by atoms with E-state index < -0.39 is 0 Å². The largest absolute Gasteiger partial charge is 0.360 e. The Balaban J connectivity index is 2.20. The van der Waals surface area contributed by atoms with E-state index in [-0.39, 0.29) is 5.12 Å². The molecule has 0 spiro atoms. The molecule has 0 bridgehead atoms. The van der Waals surface area contributed by atoms with Crippen LogP contribution < -0.4 is 0 Å². The summed E-state index contributed by atoms with van der Waals surface area (Å²) in [4.78, 5) is 13.9. The second kappa shape index (κ2) is 4.91. The second-order valence-electron chi connectivity index (χ2n) is 3.33. The number of fused-ring (bicyclic) bond motifs is 1. The molecule has 0 amide bonds. The van der Waals surface area contributed by atoms with Gasteiger partial charge in [-0.2, -0.15) is 0 Å². The van der Waals surface area contributed by atoms with E-state index in [1.165, 1.54) is 11.8 Å². The average molecular weight is 229 g/mol. The van der Waals surface area contributed by atoms with Crippen molar-refractivity contribution in [1.29, 1.82) is 0 Å². The van der Waals surface area contributed by atoms with E-state index >= 15 is 0 Å². The predicted octanol–water partition coefficient (Wildman–Crippen LogP) is 2.80. The minimum Gasteiger partial charge on any atom is -0.360 e. The lowest BCUT2D eigenvalue weighted by Gasteiger charge is -1.93. The summed E-state index contributed by atoms with van der Waals surface area (Å²) in [5.41, 5.74) is 2.04. The van der Waals surface area contributed by atoms with Crippen LogP contribution in [0.1, 0.15) is 12.5 Å². The molecule has 0 aliphatic rings. The topological polar surface area (TPSA) is 32.9 Å². The van der Waals surface area contributed by atoms with Crippen LogP contribution in [0.25, 0.3) is 10.9 Å². The number of thioether (sulfide) groups is 1. The molecule has 2 nitrogen and oxygen atoms in total. The van der Waals surface area contributed by atoms with Gasteiger partial charge in [-0.1, -0.05) is 35.7 Å². The predicted molar refractivity (Wildman–Crippen MR) is 68.3 cm³/mol. The van der Waals surface area contributed by atoms with Gasteiger partial charge in [0, 0.05) is 24.1 Å². The fraction of sp³-hybridized carbons (Fsp3) is 0.154. The van der Waals surface area contributed by atoms with E-state index in [0.29, 0.717) is 5.75 Å². The Hall–Kier alpha value is -1.66. The Kier molecular flexibility index (Phi) is 3.33.